The van der Waals surface area contributed by atoms with Gasteiger partial charge in [-0.15, -0.1) is 0 Å². The molecule has 0 radical (unpaired) electrons. The van der Waals surface area contributed by atoms with Crippen LogP contribution in [0.15, 0.2) is 0 Å². The summed E-state index contributed by atoms with van der Waals surface area (Å²) in [6.07, 6.45) is -9.01. The van der Waals surface area contributed by atoms with Gasteiger partial charge in [0, 0.05) is 11.2 Å². The van der Waals surface area contributed by atoms with E-state index < -0.39 is 25.3 Å². The van der Waals surface area contributed by atoms with Crippen LogP contribution in [0.25, 0.3) is 0 Å². The zero-order chi connectivity index (χ0) is 10.5. The lowest BCUT2D eigenvalue weighted by atomic mass is 10.3. The molecule has 1 fully saturated rings. The summed E-state index contributed by atoms with van der Waals surface area (Å²) in [5.74, 6) is -5.21. The highest BCUT2D eigenvalue weighted by Crippen LogP contribution is 2.65. The normalized spacial score (nSPS) is 43.1. The maximum absolute atomic E-state index is 12.2. The fraction of sp³-hybridized carbons (Fsp3) is 1.00. The summed E-state index contributed by atoms with van der Waals surface area (Å²) >= 11 is 4.54. The summed E-state index contributed by atoms with van der Waals surface area (Å²) in [6, 6.07) is 0. The highest BCUT2D eigenvalue weighted by atomic mass is 35.7. The van der Waals surface area contributed by atoms with Gasteiger partial charge in [-0.05, 0) is 0 Å². The van der Waals surface area contributed by atoms with Crippen molar-refractivity contribution in [1.29, 1.82) is 0 Å². The second-order valence-corrected chi connectivity index (χ2v) is 4.58. The van der Waals surface area contributed by atoms with Crippen molar-refractivity contribution in [3.8, 4) is 0 Å². The van der Waals surface area contributed by atoms with E-state index in [-0.39, 0.29) is 0 Å². The van der Waals surface area contributed by atoms with Crippen molar-refractivity contribution in [2.24, 2.45) is 0 Å². The fourth-order valence-corrected chi connectivity index (χ4v) is 1.79. The first-order valence-corrected chi connectivity index (χ1v) is 5.12. The molecule has 13 heavy (non-hydrogen) atoms. The van der Waals surface area contributed by atoms with Gasteiger partial charge in [0.1, 0.15) is 0 Å². The second-order valence-electron chi connectivity index (χ2n) is 2.08. The van der Waals surface area contributed by atoms with Gasteiger partial charge in [0.25, 0.3) is 6.36 Å². The molecule has 0 N–H and O–H groups in total. The van der Waals surface area contributed by atoms with Gasteiger partial charge in [0.15, 0.2) is 0 Å². The van der Waals surface area contributed by atoms with Crippen molar-refractivity contribution in [2.75, 3.05) is 0 Å². The predicted octanol–water partition coefficient (Wildman–Crippen LogP) is 2.90. The van der Waals surface area contributed by atoms with Crippen LogP contribution in [0.3, 0.4) is 0 Å². The van der Waals surface area contributed by atoms with Crippen LogP contribution in [0.2, 0.25) is 0 Å². The molecule has 0 amide bonds. The van der Waals surface area contributed by atoms with Crippen LogP contribution in [0.5, 0.6) is 0 Å². The van der Waals surface area contributed by atoms with Crippen LogP contribution in [0.1, 0.15) is 0 Å². The van der Waals surface area contributed by atoms with Gasteiger partial charge in [0.2, 0.25) is 0 Å². The Labute approximate surface area is 73.1 Å². The standard InChI is InChI=1S/C3HClF5O3P/c4-13(10)11-1(5)2(6,7)3(8,9)12-13/h1H. The molecule has 2 atom stereocenters. The minimum absolute atomic E-state index is 2.92. The predicted molar refractivity (Wildman–Crippen MR) is 30.4 cm³/mol. The molecule has 0 aromatic carbocycles. The van der Waals surface area contributed by atoms with Crippen LogP contribution in [-0.4, -0.2) is 18.4 Å². The van der Waals surface area contributed by atoms with Gasteiger partial charge in [0.05, 0.1) is 0 Å². The monoisotopic (exact) mass is 246 g/mol. The first-order valence-electron chi connectivity index (χ1n) is 2.67. The van der Waals surface area contributed by atoms with Crippen molar-refractivity contribution < 1.29 is 35.6 Å². The number of rotatable bonds is 0. The summed E-state index contributed by atoms with van der Waals surface area (Å²) in [7, 11) is 0. The highest BCUT2D eigenvalue weighted by Gasteiger charge is 2.71. The average Bonchev–Trinajstić information content (AvgIpc) is 1.80. The number of hydrogen-bond donors (Lipinski definition) is 0. The Morgan fingerprint density at radius 1 is 1.31 bits per heavy atom. The van der Waals surface area contributed by atoms with Crippen molar-refractivity contribution in [2.45, 2.75) is 18.4 Å². The van der Waals surface area contributed by atoms with E-state index in [4.69, 9.17) is 0 Å². The van der Waals surface area contributed by atoms with E-state index in [1.165, 1.54) is 0 Å². The molecule has 1 heterocycles. The Morgan fingerprint density at radius 3 is 2.15 bits per heavy atom. The molecule has 3 nitrogen and oxygen atoms in total. The third-order valence-electron chi connectivity index (χ3n) is 1.12. The van der Waals surface area contributed by atoms with E-state index in [1.807, 2.05) is 0 Å². The Bertz CT molecular complexity index is 270. The smallest absolute Gasteiger partial charge is 0.254 e. The van der Waals surface area contributed by atoms with E-state index in [9.17, 15) is 26.5 Å². The van der Waals surface area contributed by atoms with Gasteiger partial charge in [-0.3, -0.25) is 4.52 Å². The molecule has 0 aromatic heterocycles. The lowest BCUT2D eigenvalue weighted by Gasteiger charge is -2.34. The maximum Gasteiger partial charge on any atom is 0.432 e. The zero-order valence-electron chi connectivity index (χ0n) is 5.52. The van der Waals surface area contributed by atoms with Crippen LogP contribution in [-0.2, 0) is 13.6 Å². The summed E-state index contributed by atoms with van der Waals surface area (Å²) in [5.41, 5.74) is 0. The minimum Gasteiger partial charge on any atom is -0.254 e. The van der Waals surface area contributed by atoms with Crippen LogP contribution >= 0.6 is 18.2 Å². The van der Waals surface area contributed by atoms with Gasteiger partial charge in [-0.2, -0.15) is 17.6 Å². The summed E-state index contributed by atoms with van der Waals surface area (Å²) < 4.78 is 77.4. The average molecular weight is 246 g/mol. The molecule has 0 aromatic rings. The molecule has 10 heteroatoms. The number of hydrogen-bond acceptors (Lipinski definition) is 3. The lowest BCUT2D eigenvalue weighted by Crippen LogP contribution is -2.52. The van der Waals surface area contributed by atoms with E-state index in [0.717, 1.165) is 0 Å². The highest BCUT2D eigenvalue weighted by molar-refractivity contribution is 7.81. The molecule has 0 spiro atoms. The molecule has 78 valence electrons. The Hall–Kier alpha value is 0.0900. The van der Waals surface area contributed by atoms with Gasteiger partial charge >= 0.3 is 19.0 Å². The molecule has 0 aliphatic carbocycles. The quantitative estimate of drug-likeness (QED) is 0.487. The Morgan fingerprint density at radius 2 is 1.77 bits per heavy atom. The van der Waals surface area contributed by atoms with Gasteiger partial charge < -0.3 is 0 Å². The van der Waals surface area contributed by atoms with E-state index >= 15 is 0 Å². The SMILES string of the molecule is O=P1(Cl)OC(F)C(F)(F)C(F)(F)O1. The fourth-order valence-electron chi connectivity index (χ4n) is 0.528. The molecule has 1 saturated heterocycles. The summed E-state index contributed by atoms with van der Waals surface area (Å²) in [5, 5.41) is 0. The third-order valence-corrected chi connectivity index (χ3v) is 2.45. The maximum atomic E-state index is 12.2. The molecule has 1 aliphatic heterocycles. The van der Waals surface area contributed by atoms with E-state index in [0.29, 0.717) is 0 Å². The molecule has 1 aliphatic rings. The van der Waals surface area contributed by atoms with Crippen molar-refractivity contribution in [1.82, 2.24) is 0 Å². The topological polar surface area (TPSA) is 35.5 Å². The first kappa shape index (κ1) is 11.2. The van der Waals surface area contributed by atoms with Crippen molar-refractivity contribution in [3.63, 3.8) is 0 Å². The Kier molecular flexibility index (Phi) is 2.40. The Balaban J connectivity index is 3.03. The van der Waals surface area contributed by atoms with E-state index in [2.05, 4.69) is 20.3 Å². The summed E-state index contributed by atoms with van der Waals surface area (Å²) in [4.78, 5) is 0. The molecular weight excluding hydrogens is 245 g/mol. The van der Waals surface area contributed by atoms with Crippen molar-refractivity contribution in [3.05, 3.63) is 0 Å². The minimum atomic E-state index is -5.25. The zero-order valence-corrected chi connectivity index (χ0v) is 7.17. The van der Waals surface area contributed by atoms with E-state index in [1.54, 1.807) is 0 Å². The molecule has 1 rings (SSSR count). The van der Waals surface area contributed by atoms with Crippen LogP contribution < -0.4 is 0 Å². The first-order chi connectivity index (χ1) is 5.58. The largest absolute Gasteiger partial charge is 0.432 e. The molecular formula is C3HClF5O3P. The van der Waals surface area contributed by atoms with Crippen molar-refractivity contribution >= 4 is 18.2 Å². The molecule has 0 bridgehead atoms. The van der Waals surface area contributed by atoms with Crippen LogP contribution in [0, 0.1) is 0 Å². The lowest BCUT2D eigenvalue weighted by molar-refractivity contribution is -0.370. The number of halogens is 6. The second kappa shape index (κ2) is 2.79. The summed E-state index contributed by atoms with van der Waals surface area (Å²) in [6.45, 7) is -4.98. The molecule has 2 unspecified atom stereocenters. The third kappa shape index (κ3) is 1.81. The van der Waals surface area contributed by atoms with Crippen LogP contribution in [0.4, 0.5) is 22.0 Å². The number of alkyl halides is 5. The van der Waals surface area contributed by atoms with Gasteiger partial charge in [-0.25, -0.2) is 13.5 Å². The molecule has 0 saturated carbocycles. The van der Waals surface area contributed by atoms with Gasteiger partial charge in [-0.1, -0.05) is 0 Å².